The number of amides is 2. The number of urea groups is 1. The molecule has 1 aliphatic rings. The lowest BCUT2D eigenvalue weighted by atomic mass is 10.1. The van der Waals surface area contributed by atoms with Gasteiger partial charge in [-0.15, -0.1) is 0 Å². The minimum atomic E-state index is -3.75. The molecule has 3 aromatic rings. The molecule has 0 fully saturated rings. The molecule has 0 unspecified atom stereocenters. The van der Waals surface area contributed by atoms with E-state index in [9.17, 15) is 13.2 Å². The zero-order chi connectivity index (χ0) is 18.3. The van der Waals surface area contributed by atoms with Crippen molar-refractivity contribution in [1.29, 1.82) is 0 Å². The van der Waals surface area contributed by atoms with Gasteiger partial charge in [0, 0.05) is 17.6 Å². The topological polar surface area (TPSA) is 92.5 Å². The number of anilines is 2. The molecule has 3 N–H and O–H groups in total. The molecule has 2 amide bonds. The van der Waals surface area contributed by atoms with Gasteiger partial charge in [0.1, 0.15) is 0 Å². The van der Waals surface area contributed by atoms with Gasteiger partial charge in [-0.05, 0) is 41.6 Å². The first kappa shape index (κ1) is 16.6. The summed E-state index contributed by atoms with van der Waals surface area (Å²) in [6.07, 6.45) is 0.585. The Morgan fingerprint density at radius 3 is 2.62 bits per heavy atom. The summed E-state index contributed by atoms with van der Waals surface area (Å²) in [5.41, 5.74) is 2.24. The molecular formula is C19H17N3O3S. The first-order valence-corrected chi connectivity index (χ1v) is 9.70. The van der Waals surface area contributed by atoms with Crippen LogP contribution in [0.15, 0.2) is 65.6 Å². The van der Waals surface area contributed by atoms with Crippen LogP contribution in [0, 0.1) is 0 Å². The summed E-state index contributed by atoms with van der Waals surface area (Å²) in [4.78, 5) is 14.5. The number of nitrogens with zero attached hydrogens (tertiary/aromatic N) is 1. The summed E-state index contributed by atoms with van der Waals surface area (Å²) < 4.78 is 23.0. The Morgan fingerprint density at radius 1 is 1.04 bits per heavy atom. The molecule has 1 aliphatic heterocycles. The molecule has 0 radical (unpaired) electrons. The lowest BCUT2D eigenvalue weighted by Crippen LogP contribution is -2.33. The fourth-order valence-electron chi connectivity index (χ4n) is 3.28. The highest BCUT2D eigenvalue weighted by atomic mass is 32.2. The smallest absolute Gasteiger partial charge is 0.307 e. The van der Waals surface area contributed by atoms with Crippen LogP contribution in [0.5, 0.6) is 0 Å². The first-order valence-electron chi connectivity index (χ1n) is 8.15. The van der Waals surface area contributed by atoms with E-state index in [1.807, 2.05) is 42.5 Å². The van der Waals surface area contributed by atoms with Crippen LogP contribution in [0.4, 0.5) is 16.2 Å². The summed E-state index contributed by atoms with van der Waals surface area (Å²) in [6, 6.07) is 17.9. The quantitative estimate of drug-likeness (QED) is 0.729. The number of nitrogens with two attached hydrogens (primary N) is 1. The van der Waals surface area contributed by atoms with Crippen molar-refractivity contribution in [2.75, 3.05) is 16.8 Å². The van der Waals surface area contributed by atoms with Gasteiger partial charge in [0.25, 0.3) is 0 Å². The normalized spacial score (nSPS) is 13.7. The van der Waals surface area contributed by atoms with Crippen LogP contribution in [0.1, 0.15) is 5.56 Å². The minimum Gasteiger partial charge on any atom is -0.307 e. The van der Waals surface area contributed by atoms with Crippen LogP contribution in [0.3, 0.4) is 0 Å². The van der Waals surface area contributed by atoms with E-state index < -0.39 is 10.0 Å². The molecule has 26 heavy (non-hydrogen) atoms. The minimum absolute atomic E-state index is 0.0626. The number of nitrogens with one attached hydrogen (secondary N) is 1. The average molecular weight is 367 g/mol. The zero-order valence-corrected chi connectivity index (χ0v) is 14.7. The summed E-state index contributed by atoms with van der Waals surface area (Å²) >= 11 is 0. The Balaban J connectivity index is 1.63. The van der Waals surface area contributed by atoms with Gasteiger partial charge in [0.05, 0.1) is 10.6 Å². The van der Waals surface area contributed by atoms with Crippen molar-refractivity contribution in [3.05, 3.63) is 66.2 Å². The van der Waals surface area contributed by atoms with E-state index >= 15 is 0 Å². The second kappa shape index (κ2) is 6.12. The number of hydrogen-bond acceptors (Lipinski definition) is 3. The molecule has 0 saturated heterocycles. The van der Waals surface area contributed by atoms with Gasteiger partial charge in [-0.3, -0.25) is 4.90 Å². The molecule has 0 atom stereocenters. The Hall–Kier alpha value is -2.90. The van der Waals surface area contributed by atoms with Gasteiger partial charge in [0.15, 0.2) is 0 Å². The fraction of sp³-hybridized carbons (Fsp3) is 0.105. The number of carbonyl (C=O) groups excluding carboxylic acids is 1. The SMILES string of the molecule is NS(=O)(=O)c1ccc2c(c1)CCN2C(=O)Nc1cccc2ccccc12. The van der Waals surface area contributed by atoms with E-state index in [-0.39, 0.29) is 10.9 Å². The van der Waals surface area contributed by atoms with E-state index in [0.29, 0.717) is 18.7 Å². The number of primary sulfonamides is 1. The van der Waals surface area contributed by atoms with Crippen LogP contribution < -0.4 is 15.4 Å². The molecule has 7 heteroatoms. The monoisotopic (exact) mass is 367 g/mol. The number of benzene rings is 3. The van der Waals surface area contributed by atoms with Crippen LogP contribution in [-0.4, -0.2) is 21.0 Å². The highest BCUT2D eigenvalue weighted by molar-refractivity contribution is 7.89. The van der Waals surface area contributed by atoms with Gasteiger partial charge in [0.2, 0.25) is 10.0 Å². The lowest BCUT2D eigenvalue weighted by Gasteiger charge is -2.19. The van der Waals surface area contributed by atoms with Crippen LogP contribution in [0.2, 0.25) is 0 Å². The molecule has 3 aromatic carbocycles. The summed E-state index contributed by atoms with van der Waals surface area (Å²) in [5, 5.41) is 10.1. The highest BCUT2D eigenvalue weighted by Gasteiger charge is 2.26. The molecule has 1 heterocycles. The number of hydrogen-bond donors (Lipinski definition) is 2. The second-order valence-electron chi connectivity index (χ2n) is 6.19. The van der Waals surface area contributed by atoms with Gasteiger partial charge in [-0.25, -0.2) is 18.4 Å². The Labute approximate surface area is 151 Å². The van der Waals surface area contributed by atoms with Gasteiger partial charge in [-0.1, -0.05) is 36.4 Å². The number of sulfonamides is 1. The van der Waals surface area contributed by atoms with E-state index in [2.05, 4.69) is 5.32 Å². The van der Waals surface area contributed by atoms with Crippen molar-refractivity contribution in [1.82, 2.24) is 0 Å². The average Bonchev–Trinajstić information content (AvgIpc) is 3.04. The van der Waals surface area contributed by atoms with E-state index in [1.54, 1.807) is 11.0 Å². The van der Waals surface area contributed by atoms with Gasteiger partial charge >= 0.3 is 6.03 Å². The van der Waals surface area contributed by atoms with Crippen molar-refractivity contribution >= 4 is 38.2 Å². The van der Waals surface area contributed by atoms with Crippen LogP contribution in [-0.2, 0) is 16.4 Å². The van der Waals surface area contributed by atoms with Gasteiger partial charge < -0.3 is 5.32 Å². The molecule has 0 spiro atoms. The molecule has 0 aromatic heterocycles. The highest BCUT2D eigenvalue weighted by Crippen LogP contribution is 2.31. The van der Waals surface area contributed by atoms with Crippen LogP contribution >= 0.6 is 0 Å². The maximum Gasteiger partial charge on any atom is 0.326 e. The molecule has 0 aliphatic carbocycles. The number of fused-ring (bicyclic) bond motifs is 2. The molecule has 0 saturated carbocycles. The number of carbonyl (C=O) groups is 1. The predicted molar refractivity (Wildman–Crippen MR) is 102 cm³/mol. The third-order valence-corrected chi connectivity index (χ3v) is 5.46. The molecular weight excluding hydrogens is 350 g/mol. The Kier molecular flexibility index (Phi) is 3.90. The summed E-state index contributed by atoms with van der Waals surface area (Å²) in [7, 11) is -3.75. The molecule has 6 nitrogen and oxygen atoms in total. The van der Waals surface area contributed by atoms with Crippen molar-refractivity contribution in [3.8, 4) is 0 Å². The van der Waals surface area contributed by atoms with Crippen molar-refractivity contribution in [3.63, 3.8) is 0 Å². The Bertz CT molecular complexity index is 1120. The van der Waals surface area contributed by atoms with Crippen molar-refractivity contribution in [2.45, 2.75) is 11.3 Å². The molecule has 132 valence electrons. The Morgan fingerprint density at radius 2 is 1.81 bits per heavy atom. The number of rotatable bonds is 2. The van der Waals surface area contributed by atoms with E-state index in [1.165, 1.54) is 12.1 Å². The largest absolute Gasteiger partial charge is 0.326 e. The summed E-state index contributed by atoms with van der Waals surface area (Å²) in [5.74, 6) is 0. The van der Waals surface area contributed by atoms with Crippen molar-refractivity contribution < 1.29 is 13.2 Å². The third kappa shape index (κ3) is 2.91. The fourth-order valence-corrected chi connectivity index (χ4v) is 3.85. The second-order valence-corrected chi connectivity index (χ2v) is 7.76. The first-order chi connectivity index (χ1) is 12.4. The van der Waals surface area contributed by atoms with Crippen LogP contribution in [0.25, 0.3) is 10.8 Å². The summed E-state index contributed by atoms with van der Waals surface area (Å²) in [6.45, 7) is 0.486. The van der Waals surface area contributed by atoms with Gasteiger partial charge in [-0.2, -0.15) is 0 Å². The molecule has 4 rings (SSSR count). The van der Waals surface area contributed by atoms with Crippen molar-refractivity contribution in [2.24, 2.45) is 5.14 Å². The molecule has 0 bridgehead atoms. The zero-order valence-electron chi connectivity index (χ0n) is 13.8. The van der Waals surface area contributed by atoms with E-state index in [4.69, 9.17) is 5.14 Å². The van der Waals surface area contributed by atoms with E-state index in [0.717, 1.165) is 22.0 Å². The third-order valence-electron chi connectivity index (χ3n) is 4.55. The standard InChI is InChI=1S/C19H17N3O3S/c20-26(24,25)15-8-9-18-14(12-15)10-11-22(18)19(23)21-17-7-3-5-13-4-1-2-6-16(13)17/h1-9,12H,10-11H2,(H,21,23)(H2,20,24,25). The maximum absolute atomic E-state index is 12.8. The lowest BCUT2D eigenvalue weighted by molar-refractivity contribution is 0.257. The predicted octanol–water partition coefficient (Wildman–Crippen LogP) is 3.08. The maximum atomic E-state index is 12.8.